The van der Waals surface area contributed by atoms with Gasteiger partial charge < -0.3 is 5.32 Å². The van der Waals surface area contributed by atoms with Gasteiger partial charge in [0.05, 0.1) is 5.56 Å². The van der Waals surface area contributed by atoms with Gasteiger partial charge in [-0.25, -0.2) is 8.78 Å². The second-order valence-electron chi connectivity index (χ2n) is 2.57. The molecule has 0 spiro atoms. The minimum Gasteiger partial charge on any atom is -0.349 e. The Kier molecular flexibility index (Phi) is 4.24. The first-order valence-corrected chi connectivity index (χ1v) is 5.02. The van der Waals surface area contributed by atoms with Crippen molar-refractivity contribution >= 4 is 28.5 Å². The Hall–Kier alpha value is -0.720. The molecule has 0 fully saturated rings. The van der Waals surface area contributed by atoms with Crippen LogP contribution < -0.4 is 5.32 Å². The summed E-state index contributed by atoms with van der Waals surface area (Å²) in [5.41, 5.74) is -0.0566. The van der Waals surface area contributed by atoms with Crippen LogP contribution >= 0.6 is 22.6 Å². The Morgan fingerprint density at radius 2 is 2.21 bits per heavy atom. The molecular weight excluding hydrogens is 303 g/mol. The molecule has 0 aromatic heterocycles. The zero-order valence-corrected chi connectivity index (χ0v) is 9.35. The molecule has 0 saturated heterocycles. The molecule has 0 saturated carbocycles. The van der Waals surface area contributed by atoms with Crippen molar-refractivity contribution < 1.29 is 13.6 Å². The molecule has 0 aliphatic heterocycles. The number of alkyl halides is 1. The van der Waals surface area contributed by atoms with Gasteiger partial charge in [-0.1, -0.05) is 0 Å². The van der Waals surface area contributed by atoms with E-state index >= 15 is 0 Å². The zero-order chi connectivity index (χ0) is 10.6. The van der Waals surface area contributed by atoms with Crippen LogP contribution in [0.4, 0.5) is 8.78 Å². The average molecular weight is 311 g/mol. The lowest BCUT2D eigenvalue weighted by Crippen LogP contribution is -2.26. The van der Waals surface area contributed by atoms with E-state index in [9.17, 15) is 13.6 Å². The molecule has 0 unspecified atom stereocenters. The summed E-state index contributed by atoms with van der Waals surface area (Å²) in [7, 11) is 0. The average Bonchev–Trinajstić information content (AvgIpc) is 2.14. The van der Waals surface area contributed by atoms with Gasteiger partial charge in [0.1, 0.15) is 12.5 Å². The van der Waals surface area contributed by atoms with Crippen molar-refractivity contribution in [1.29, 1.82) is 0 Å². The van der Waals surface area contributed by atoms with E-state index in [0.29, 0.717) is 3.57 Å². The van der Waals surface area contributed by atoms with E-state index in [1.807, 2.05) is 22.6 Å². The largest absolute Gasteiger partial charge is 0.349 e. The first-order valence-electron chi connectivity index (χ1n) is 3.94. The number of rotatable bonds is 3. The third kappa shape index (κ3) is 2.90. The second kappa shape index (κ2) is 5.23. The molecule has 76 valence electrons. The maximum atomic E-state index is 13.2. The van der Waals surface area contributed by atoms with Crippen LogP contribution in [0.3, 0.4) is 0 Å². The van der Waals surface area contributed by atoms with Crippen molar-refractivity contribution in [2.45, 2.75) is 0 Å². The Morgan fingerprint density at radius 3 is 2.79 bits per heavy atom. The quantitative estimate of drug-likeness (QED) is 0.852. The molecule has 1 aromatic carbocycles. The molecule has 0 radical (unpaired) electrons. The standard InChI is InChI=1S/C9H8F2INO/c10-3-4-13-9(14)7-2-1-6(12)5-8(7)11/h1-2,5H,3-4H2,(H,13,14). The second-order valence-corrected chi connectivity index (χ2v) is 3.81. The Morgan fingerprint density at radius 1 is 1.50 bits per heavy atom. The monoisotopic (exact) mass is 311 g/mol. The number of hydrogen-bond acceptors (Lipinski definition) is 1. The molecule has 0 aliphatic carbocycles. The van der Waals surface area contributed by atoms with Crippen molar-refractivity contribution in [2.24, 2.45) is 0 Å². The lowest BCUT2D eigenvalue weighted by Gasteiger charge is -2.03. The topological polar surface area (TPSA) is 29.1 Å². The first kappa shape index (κ1) is 11.4. The summed E-state index contributed by atoms with van der Waals surface area (Å²) in [4.78, 5) is 11.2. The number of halogens is 3. The summed E-state index contributed by atoms with van der Waals surface area (Å²) in [6, 6.07) is 4.25. The molecule has 0 aliphatic rings. The van der Waals surface area contributed by atoms with Gasteiger partial charge in [-0.2, -0.15) is 0 Å². The Labute approximate surface area is 93.8 Å². The summed E-state index contributed by atoms with van der Waals surface area (Å²) < 4.78 is 25.6. The Balaban J connectivity index is 2.80. The molecule has 0 bridgehead atoms. The number of benzene rings is 1. The lowest BCUT2D eigenvalue weighted by molar-refractivity contribution is 0.0947. The van der Waals surface area contributed by atoms with E-state index in [2.05, 4.69) is 5.32 Å². The van der Waals surface area contributed by atoms with Crippen LogP contribution in [0.15, 0.2) is 18.2 Å². The fourth-order valence-electron chi connectivity index (χ4n) is 0.930. The van der Waals surface area contributed by atoms with E-state index in [-0.39, 0.29) is 12.1 Å². The highest BCUT2D eigenvalue weighted by atomic mass is 127. The van der Waals surface area contributed by atoms with Crippen LogP contribution in [0.2, 0.25) is 0 Å². The van der Waals surface area contributed by atoms with Crippen molar-refractivity contribution in [3.63, 3.8) is 0 Å². The van der Waals surface area contributed by atoms with Crippen LogP contribution in [0.25, 0.3) is 0 Å². The van der Waals surface area contributed by atoms with E-state index in [1.54, 1.807) is 6.07 Å². The van der Waals surface area contributed by atoms with Crippen molar-refractivity contribution in [3.8, 4) is 0 Å². The summed E-state index contributed by atoms with van der Waals surface area (Å²) in [6.07, 6.45) is 0. The molecule has 0 atom stereocenters. The molecule has 1 aromatic rings. The highest BCUT2D eigenvalue weighted by Crippen LogP contribution is 2.11. The van der Waals surface area contributed by atoms with E-state index in [4.69, 9.17) is 0 Å². The molecule has 1 amide bonds. The molecule has 0 heterocycles. The summed E-state index contributed by atoms with van der Waals surface area (Å²) in [5.74, 6) is -1.18. The molecule has 1 N–H and O–H groups in total. The van der Waals surface area contributed by atoms with Crippen LogP contribution in [-0.2, 0) is 0 Å². The fourth-order valence-corrected chi connectivity index (χ4v) is 1.38. The van der Waals surface area contributed by atoms with Crippen LogP contribution in [-0.4, -0.2) is 19.1 Å². The van der Waals surface area contributed by atoms with Gasteiger partial charge in [0.2, 0.25) is 0 Å². The normalized spacial score (nSPS) is 9.93. The fraction of sp³-hybridized carbons (Fsp3) is 0.222. The van der Waals surface area contributed by atoms with Gasteiger partial charge in [0, 0.05) is 10.1 Å². The predicted molar refractivity (Wildman–Crippen MR) is 57.4 cm³/mol. The maximum absolute atomic E-state index is 13.2. The van der Waals surface area contributed by atoms with Crippen LogP contribution in [0.5, 0.6) is 0 Å². The van der Waals surface area contributed by atoms with Gasteiger partial charge in [0.25, 0.3) is 5.91 Å². The predicted octanol–water partition coefficient (Wildman–Crippen LogP) is 2.13. The van der Waals surface area contributed by atoms with Crippen molar-refractivity contribution in [3.05, 3.63) is 33.1 Å². The smallest absolute Gasteiger partial charge is 0.254 e. The molecule has 14 heavy (non-hydrogen) atoms. The maximum Gasteiger partial charge on any atom is 0.254 e. The van der Waals surface area contributed by atoms with E-state index in [1.165, 1.54) is 12.1 Å². The van der Waals surface area contributed by atoms with Crippen LogP contribution in [0.1, 0.15) is 10.4 Å². The van der Waals surface area contributed by atoms with Gasteiger partial charge in [-0.05, 0) is 40.8 Å². The highest BCUT2D eigenvalue weighted by Gasteiger charge is 2.10. The SMILES string of the molecule is O=C(NCCF)c1ccc(I)cc1F. The summed E-state index contributed by atoms with van der Waals surface area (Å²) in [6.45, 7) is -0.748. The first-order chi connectivity index (χ1) is 6.65. The summed E-state index contributed by atoms with van der Waals surface area (Å²) in [5, 5.41) is 2.25. The number of carbonyl (C=O) groups is 1. The molecule has 2 nitrogen and oxygen atoms in total. The van der Waals surface area contributed by atoms with Gasteiger partial charge in [-0.15, -0.1) is 0 Å². The minimum atomic E-state index is -0.655. The Bertz CT molecular complexity index is 344. The van der Waals surface area contributed by atoms with Crippen molar-refractivity contribution in [1.82, 2.24) is 5.32 Å². The number of hydrogen-bond donors (Lipinski definition) is 1. The molecular formula is C9H8F2INO. The molecule has 1 rings (SSSR count). The number of amides is 1. The van der Waals surface area contributed by atoms with Gasteiger partial charge in [-0.3, -0.25) is 4.79 Å². The van der Waals surface area contributed by atoms with E-state index in [0.717, 1.165) is 0 Å². The summed E-state index contributed by atoms with van der Waals surface area (Å²) >= 11 is 1.94. The van der Waals surface area contributed by atoms with E-state index < -0.39 is 18.4 Å². The van der Waals surface area contributed by atoms with Crippen molar-refractivity contribution in [2.75, 3.05) is 13.2 Å². The highest BCUT2D eigenvalue weighted by molar-refractivity contribution is 14.1. The third-order valence-electron chi connectivity index (χ3n) is 1.56. The van der Waals surface area contributed by atoms with Crippen LogP contribution in [0, 0.1) is 9.39 Å². The molecule has 5 heteroatoms. The number of carbonyl (C=O) groups excluding carboxylic acids is 1. The number of nitrogens with one attached hydrogen (secondary N) is 1. The third-order valence-corrected chi connectivity index (χ3v) is 2.23. The lowest BCUT2D eigenvalue weighted by atomic mass is 10.2. The zero-order valence-electron chi connectivity index (χ0n) is 7.19. The minimum absolute atomic E-state index is 0.0566. The van der Waals surface area contributed by atoms with Gasteiger partial charge in [0.15, 0.2) is 0 Å². The van der Waals surface area contributed by atoms with Gasteiger partial charge >= 0.3 is 0 Å².